The number of methoxy groups -OCH3 is 1. The van der Waals surface area contributed by atoms with Crippen LogP contribution in [0, 0.1) is 0 Å². The Morgan fingerprint density at radius 3 is 2.64 bits per heavy atom. The van der Waals surface area contributed by atoms with Crippen molar-refractivity contribution in [3.05, 3.63) is 52.2 Å². The van der Waals surface area contributed by atoms with Crippen molar-refractivity contribution in [2.75, 3.05) is 24.4 Å². The highest BCUT2D eigenvalue weighted by atomic mass is 32.1. The van der Waals surface area contributed by atoms with Crippen LogP contribution in [0.2, 0.25) is 0 Å². The molecule has 0 aliphatic heterocycles. The van der Waals surface area contributed by atoms with E-state index < -0.39 is 0 Å². The van der Waals surface area contributed by atoms with E-state index in [1.807, 2.05) is 0 Å². The number of fused-ring (bicyclic) bond motifs is 1. The molecule has 2 amide bonds. The first-order valence-corrected chi connectivity index (χ1v) is 11.2. The topological polar surface area (TPSA) is 124 Å². The van der Waals surface area contributed by atoms with Gasteiger partial charge in [0.15, 0.2) is 5.13 Å². The average Bonchev–Trinajstić information content (AvgIpc) is 3.48. The monoisotopic (exact) mass is 469 g/mol. The Morgan fingerprint density at radius 1 is 1.18 bits per heavy atom. The number of rotatable bonds is 7. The number of nitrogens with zero attached hydrogens (tertiary/aromatic N) is 3. The summed E-state index contributed by atoms with van der Waals surface area (Å²) in [6.45, 7) is 2.09. The highest BCUT2D eigenvalue weighted by Gasteiger charge is 2.33. The summed E-state index contributed by atoms with van der Waals surface area (Å²) in [6.07, 6.45) is 2.98. The number of carbonyl (C=O) groups is 3. The fourth-order valence-corrected chi connectivity index (χ4v) is 4.63. The number of aryl methyl sites for hydroxylation is 2. The van der Waals surface area contributed by atoms with E-state index in [0.717, 1.165) is 11.3 Å². The van der Waals surface area contributed by atoms with Crippen LogP contribution in [0.15, 0.2) is 30.5 Å². The molecule has 0 saturated heterocycles. The summed E-state index contributed by atoms with van der Waals surface area (Å²) in [6, 6.07) is 6.48. The number of nitrogens with one attached hydrogen (secondary N) is 2. The molecular formula is C22H23N5O5S. The minimum atomic E-state index is -0.372. The molecule has 33 heavy (non-hydrogen) atoms. The van der Waals surface area contributed by atoms with Gasteiger partial charge in [-0.05, 0) is 44.0 Å². The Kier molecular flexibility index (Phi) is 6.40. The Labute approximate surface area is 193 Å². The maximum atomic E-state index is 12.6. The molecule has 1 aliphatic carbocycles. The van der Waals surface area contributed by atoms with E-state index in [9.17, 15) is 14.4 Å². The number of carbonyl (C=O) groups excluding carboxylic acids is 3. The first-order valence-electron chi connectivity index (χ1n) is 10.4. The third-order valence-electron chi connectivity index (χ3n) is 5.15. The highest BCUT2D eigenvalue weighted by molar-refractivity contribution is 7.16. The number of hydrogen-bond acceptors (Lipinski definition) is 8. The molecule has 0 unspecified atom stereocenters. The summed E-state index contributed by atoms with van der Waals surface area (Å²) < 4.78 is 11.7. The summed E-state index contributed by atoms with van der Waals surface area (Å²) in [7, 11) is 3.14. The summed E-state index contributed by atoms with van der Waals surface area (Å²) >= 11 is 1.37. The Bertz CT molecular complexity index is 1200. The second-order valence-corrected chi connectivity index (χ2v) is 8.47. The van der Waals surface area contributed by atoms with Gasteiger partial charge in [0.25, 0.3) is 11.8 Å². The summed E-state index contributed by atoms with van der Waals surface area (Å²) in [5.74, 6) is -1.12. The lowest BCUT2D eigenvalue weighted by molar-refractivity contribution is -0.145. The van der Waals surface area contributed by atoms with E-state index in [4.69, 9.17) is 9.47 Å². The second kappa shape index (κ2) is 9.41. The maximum Gasteiger partial charge on any atom is 0.315 e. The van der Waals surface area contributed by atoms with Gasteiger partial charge in [0, 0.05) is 29.4 Å². The van der Waals surface area contributed by atoms with Gasteiger partial charge in [0.1, 0.15) is 11.5 Å². The van der Waals surface area contributed by atoms with Crippen LogP contribution in [0.1, 0.15) is 50.5 Å². The zero-order chi connectivity index (χ0) is 23.5. The van der Waals surface area contributed by atoms with Gasteiger partial charge >= 0.3 is 5.97 Å². The molecule has 0 bridgehead atoms. The van der Waals surface area contributed by atoms with Gasteiger partial charge in [-0.1, -0.05) is 0 Å². The number of esters is 1. The summed E-state index contributed by atoms with van der Waals surface area (Å²) in [5.41, 5.74) is 1.93. The molecular weight excluding hydrogens is 446 g/mol. The molecule has 2 aromatic heterocycles. The number of ether oxygens (including phenoxy) is 2. The normalized spacial score (nSPS) is 14.5. The van der Waals surface area contributed by atoms with Gasteiger partial charge in [-0.2, -0.15) is 0 Å². The SMILES string of the molecule is CCOC(=O)[C@H]1CCc2sc(NC(=O)c3ccc(NC(=O)c4cn(C)nc4OC)cc3)nc21. The van der Waals surface area contributed by atoms with E-state index in [2.05, 4.69) is 20.7 Å². The van der Waals surface area contributed by atoms with Crippen molar-refractivity contribution in [1.29, 1.82) is 0 Å². The van der Waals surface area contributed by atoms with Crippen LogP contribution < -0.4 is 15.4 Å². The van der Waals surface area contributed by atoms with Crippen molar-refractivity contribution in [3.63, 3.8) is 0 Å². The largest absolute Gasteiger partial charge is 0.479 e. The van der Waals surface area contributed by atoms with Gasteiger partial charge in [-0.25, -0.2) is 4.98 Å². The number of hydrogen-bond donors (Lipinski definition) is 2. The maximum absolute atomic E-state index is 12.6. The van der Waals surface area contributed by atoms with Crippen LogP contribution in [-0.2, 0) is 23.0 Å². The number of benzene rings is 1. The van der Waals surface area contributed by atoms with Crippen LogP contribution >= 0.6 is 11.3 Å². The first-order chi connectivity index (χ1) is 15.9. The van der Waals surface area contributed by atoms with Gasteiger partial charge in [-0.3, -0.25) is 24.4 Å². The highest BCUT2D eigenvalue weighted by Crippen LogP contribution is 2.39. The molecule has 2 N–H and O–H groups in total. The summed E-state index contributed by atoms with van der Waals surface area (Å²) in [5, 5.41) is 10.0. The van der Waals surface area contributed by atoms with Crippen molar-refractivity contribution in [1.82, 2.24) is 14.8 Å². The molecule has 1 atom stereocenters. The van der Waals surface area contributed by atoms with Crippen LogP contribution in [-0.4, -0.2) is 46.3 Å². The predicted octanol–water partition coefficient (Wildman–Crippen LogP) is 2.98. The Morgan fingerprint density at radius 2 is 1.94 bits per heavy atom. The Hall–Kier alpha value is -3.73. The molecule has 172 valence electrons. The molecule has 2 heterocycles. The van der Waals surface area contributed by atoms with Crippen LogP contribution in [0.3, 0.4) is 0 Å². The molecule has 0 radical (unpaired) electrons. The molecule has 1 aromatic carbocycles. The Balaban J connectivity index is 1.40. The predicted molar refractivity (Wildman–Crippen MR) is 122 cm³/mol. The number of thiazole rings is 1. The fourth-order valence-electron chi connectivity index (χ4n) is 3.60. The lowest BCUT2D eigenvalue weighted by atomic mass is 10.1. The number of aromatic nitrogens is 3. The van der Waals surface area contributed by atoms with Crippen molar-refractivity contribution < 1.29 is 23.9 Å². The molecule has 0 saturated carbocycles. The van der Waals surface area contributed by atoms with E-state index >= 15 is 0 Å². The molecule has 1 aliphatic rings. The van der Waals surface area contributed by atoms with Crippen molar-refractivity contribution >= 4 is 39.9 Å². The van der Waals surface area contributed by atoms with Gasteiger partial charge < -0.3 is 14.8 Å². The number of anilines is 2. The third-order valence-corrected chi connectivity index (χ3v) is 6.19. The van der Waals surface area contributed by atoms with E-state index in [1.54, 1.807) is 44.4 Å². The van der Waals surface area contributed by atoms with Gasteiger partial charge in [-0.15, -0.1) is 16.4 Å². The summed E-state index contributed by atoms with van der Waals surface area (Å²) in [4.78, 5) is 42.7. The van der Waals surface area contributed by atoms with E-state index in [-0.39, 0.29) is 29.6 Å². The average molecular weight is 470 g/mol. The molecule has 10 nitrogen and oxygen atoms in total. The molecule has 0 fully saturated rings. The van der Waals surface area contributed by atoms with Crippen molar-refractivity contribution in [3.8, 4) is 5.88 Å². The number of amides is 2. The minimum absolute atomic E-state index is 0.228. The van der Waals surface area contributed by atoms with Crippen LogP contribution in [0.4, 0.5) is 10.8 Å². The molecule has 0 spiro atoms. The lowest BCUT2D eigenvalue weighted by Gasteiger charge is -2.08. The zero-order valence-corrected chi connectivity index (χ0v) is 19.2. The van der Waals surface area contributed by atoms with Crippen molar-refractivity contribution in [2.45, 2.75) is 25.7 Å². The second-order valence-electron chi connectivity index (χ2n) is 7.38. The van der Waals surface area contributed by atoms with Gasteiger partial charge in [0.05, 0.1) is 19.4 Å². The fraction of sp³-hybridized carbons (Fsp3) is 0.318. The molecule has 3 aromatic rings. The zero-order valence-electron chi connectivity index (χ0n) is 18.4. The van der Waals surface area contributed by atoms with Crippen molar-refractivity contribution in [2.24, 2.45) is 7.05 Å². The molecule has 11 heteroatoms. The van der Waals surface area contributed by atoms with E-state index in [1.165, 1.54) is 23.1 Å². The van der Waals surface area contributed by atoms with Crippen LogP contribution in [0.5, 0.6) is 5.88 Å². The smallest absolute Gasteiger partial charge is 0.315 e. The molecule has 4 rings (SSSR count). The van der Waals surface area contributed by atoms with Crippen LogP contribution in [0.25, 0.3) is 0 Å². The minimum Gasteiger partial charge on any atom is -0.479 e. The van der Waals surface area contributed by atoms with E-state index in [0.29, 0.717) is 40.7 Å². The lowest BCUT2D eigenvalue weighted by Crippen LogP contribution is -2.15. The third kappa shape index (κ3) is 4.72. The standard InChI is InChI=1S/C22H23N5O5S/c1-4-32-21(30)14-9-10-16-17(14)24-22(33-16)25-18(28)12-5-7-13(8-6-12)23-19(29)15-11-27(2)26-20(15)31-3/h5-8,11,14H,4,9-10H2,1-3H3,(H,23,29)(H,24,25,28)/t14-/m0/s1. The quantitative estimate of drug-likeness (QED) is 0.510. The van der Waals surface area contributed by atoms with Gasteiger partial charge in [0.2, 0.25) is 5.88 Å². The first kappa shape index (κ1) is 22.5.